The summed E-state index contributed by atoms with van der Waals surface area (Å²) in [6.07, 6.45) is 47.5. The molecule has 0 spiro atoms. The molecule has 0 atom stereocenters. The lowest BCUT2D eigenvalue weighted by Crippen LogP contribution is -2.05. The fourth-order valence-corrected chi connectivity index (χ4v) is 6.00. The minimum Gasteiger partial charge on any atom is -0.393 e. The highest BCUT2D eigenvalue weighted by Gasteiger charge is 2.04. The standard InChI is InChI=1S/C37H76O/c1-3-5-7-9-11-13-15-17-19-21-23-25-27-29-31-33-35-37(38)36-34-32-30-28-26-24-22-20-18-16-14-12-10-8-6-4-2/h37-38H,3-36H2,1-2H3. The molecule has 1 nitrogen and oxygen atoms in total. The third-order valence-corrected chi connectivity index (χ3v) is 8.78. The molecule has 0 aromatic heterocycles. The first-order valence-corrected chi connectivity index (χ1v) is 18.5. The van der Waals surface area contributed by atoms with E-state index >= 15 is 0 Å². The smallest absolute Gasteiger partial charge is 0.0540 e. The van der Waals surface area contributed by atoms with Crippen LogP contribution in [0.4, 0.5) is 0 Å². The van der Waals surface area contributed by atoms with E-state index in [9.17, 15) is 5.11 Å². The molecule has 0 rings (SSSR count). The van der Waals surface area contributed by atoms with Gasteiger partial charge < -0.3 is 5.11 Å². The van der Waals surface area contributed by atoms with Gasteiger partial charge in [0.2, 0.25) is 0 Å². The van der Waals surface area contributed by atoms with Crippen LogP contribution in [-0.2, 0) is 0 Å². The average molecular weight is 537 g/mol. The summed E-state index contributed by atoms with van der Waals surface area (Å²) in [7, 11) is 0. The van der Waals surface area contributed by atoms with Crippen molar-refractivity contribution in [1.29, 1.82) is 0 Å². The van der Waals surface area contributed by atoms with Gasteiger partial charge in [-0.25, -0.2) is 0 Å². The maximum absolute atomic E-state index is 10.3. The molecule has 0 aromatic carbocycles. The number of aliphatic hydroxyl groups is 1. The predicted octanol–water partition coefficient (Wildman–Crippen LogP) is 13.7. The highest BCUT2D eigenvalue weighted by atomic mass is 16.3. The van der Waals surface area contributed by atoms with Gasteiger partial charge in [0, 0.05) is 0 Å². The van der Waals surface area contributed by atoms with Crippen molar-refractivity contribution in [1.82, 2.24) is 0 Å². The molecule has 0 radical (unpaired) electrons. The summed E-state index contributed by atoms with van der Waals surface area (Å²) in [5.41, 5.74) is 0. The fourth-order valence-electron chi connectivity index (χ4n) is 6.00. The number of hydrogen-bond donors (Lipinski definition) is 1. The van der Waals surface area contributed by atoms with Gasteiger partial charge in [-0.3, -0.25) is 0 Å². The van der Waals surface area contributed by atoms with Crippen LogP contribution >= 0.6 is 0 Å². The topological polar surface area (TPSA) is 20.2 Å². The Morgan fingerprint density at radius 1 is 0.263 bits per heavy atom. The maximum atomic E-state index is 10.3. The van der Waals surface area contributed by atoms with Crippen molar-refractivity contribution in [3.8, 4) is 0 Å². The van der Waals surface area contributed by atoms with Crippen LogP contribution in [0.3, 0.4) is 0 Å². The number of rotatable bonds is 34. The van der Waals surface area contributed by atoms with Gasteiger partial charge in [-0.15, -0.1) is 0 Å². The van der Waals surface area contributed by atoms with Crippen LogP contribution in [0.15, 0.2) is 0 Å². The van der Waals surface area contributed by atoms with Crippen LogP contribution in [0.25, 0.3) is 0 Å². The van der Waals surface area contributed by atoms with E-state index in [2.05, 4.69) is 13.8 Å². The monoisotopic (exact) mass is 537 g/mol. The van der Waals surface area contributed by atoms with E-state index in [0.717, 1.165) is 12.8 Å². The SMILES string of the molecule is CCCCCCCCCCCCCCCCCCC(O)CCCCCCCCCCCCCCCCCC. The molecule has 0 aliphatic heterocycles. The molecule has 0 amide bonds. The third kappa shape index (κ3) is 34.0. The predicted molar refractivity (Wildman–Crippen MR) is 174 cm³/mol. The zero-order chi connectivity index (χ0) is 27.6. The Morgan fingerprint density at radius 3 is 0.605 bits per heavy atom. The van der Waals surface area contributed by atoms with E-state index in [0.29, 0.717) is 0 Å². The molecule has 0 saturated carbocycles. The van der Waals surface area contributed by atoms with Gasteiger partial charge in [-0.05, 0) is 12.8 Å². The summed E-state index contributed by atoms with van der Waals surface area (Å²) in [6.45, 7) is 4.60. The number of aliphatic hydroxyl groups excluding tert-OH is 1. The average Bonchev–Trinajstić information content (AvgIpc) is 2.92. The Hall–Kier alpha value is -0.0400. The summed E-state index contributed by atoms with van der Waals surface area (Å²) < 4.78 is 0. The summed E-state index contributed by atoms with van der Waals surface area (Å²) in [5.74, 6) is 0. The Bertz CT molecular complexity index is 356. The molecule has 1 heteroatoms. The van der Waals surface area contributed by atoms with E-state index in [1.165, 1.54) is 205 Å². The molecule has 0 saturated heterocycles. The lowest BCUT2D eigenvalue weighted by atomic mass is 10.0. The Balaban J connectivity index is 3.13. The van der Waals surface area contributed by atoms with Gasteiger partial charge in [0.05, 0.1) is 6.10 Å². The van der Waals surface area contributed by atoms with E-state index in [1.807, 2.05) is 0 Å². The van der Waals surface area contributed by atoms with E-state index in [-0.39, 0.29) is 6.10 Å². The Kier molecular flexibility index (Phi) is 35.0. The minimum atomic E-state index is -0.0340. The molecular formula is C37H76O. The molecule has 38 heavy (non-hydrogen) atoms. The van der Waals surface area contributed by atoms with E-state index in [1.54, 1.807) is 0 Å². The molecule has 230 valence electrons. The van der Waals surface area contributed by atoms with Crippen LogP contribution in [0.5, 0.6) is 0 Å². The second kappa shape index (κ2) is 35.0. The lowest BCUT2D eigenvalue weighted by molar-refractivity contribution is 0.147. The number of hydrogen-bond acceptors (Lipinski definition) is 1. The molecule has 1 N–H and O–H groups in total. The molecule has 0 aliphatic carbocycles. The molecule has 0 aromatic rings. The fraction of sp³-hybridized carbons (Fsp3) is 1.00. The summed E-state index contributed by atoms with van der Waals surface area (Å²) in [4.78, 5) is 0. The second-order valence-corrected chi connectivity index (χ2v) is 12.8. The van der Waals surface area contributed by atoms with Crippen LogP contribution in [0, 0.1) is 0 Å². The maximum Gasteiger partial charge on any atom is 0.0540 e. The highest BCUT2D eigenvalue weighted by Crippen LogP contribution is 2.17. The zero-order valence-corrected chi connectivity index (χ0v) is 27.1. The quantitative estimate of drug-likeness (QED) is 0.0810. The van der Waals surface area contributed by atoms with Crippen LogP contribution in [0.1, 0.15) is 232 Å². The molecule has 0 heterocycles. The van der Waals surface area contributed by atoms with Crippen LogP contribution < -0.4 is 0 Å². The van der Waals surface area contributed by atoms with Crippen molar-refractivity contribution in [3.63, 3.8) is 0 Å². The van der Waals surface area contributed by atoms with Crippen molar-refractivity contribution in [2.75, 3.05) is 0 Å². The third-order valence-electron chi connectivity index (χ3n) is 8.78. The molecule has 0 aliphatic rings. The van der Waals surface area contributed by atoms with Crippen molar-refractivity contribution < 1.29 is 5.11 Å². The first-order valence-electron chi connectivity index (χ1n) is 18.5. The van der Waals surface area contributed by atoms with Gasteiger partial charge in [0.1, 0.15) is 0 Å². The van der Waals surface area contributed by atoms with E-state index < -0.39 is 0 Å². The van der Waals surface area contributed by atoms with Gasteiger partial charge in [0.15, 0.2) is 0 Å². The molecule has 0 fully saturated rings. The van der Waals surface area contributed by atoms with Crippen molar-refractivity contribution in [2.45, 2.75) is 238 Å². The summed E-state index contributed by atoms with van der Waals surface area (Å²) in [6, 6.07) is 0. The van der Waals surface area contributed by atoms with Crippen molar-refractivity contribution in [2.24, 2.45) is 0 Å². The highest BCUT2D eigenvalue weighted by molar-refractivity contribution is 4.58. The minimum absolute atomic E-state index is 0.0340. The largest absolute Gasteiger partial charge is 0.393 e. The lowest BCUT2D eigenvalue weighted by Gasteiger charge is -2.10. The molecule has 0 bridgehead atoms. The second-order valence-electron chi connectivity index (χ2n) is 12.8. The summed E-state index contributed by atoms with van der Waals surface area (Å²) in [5, 5.41) is 10.3. The normalized spacial score (nSPS) is 11.7. The van der Waals surface area contributed by atoms with Gasteiger partial charge in [0.25, 0.3) is 0 Å². The van der Waals surface area contributed by atoms with Crippen molar-refractivity contribution >= 4 is 0 Å². The van der Waals surface area contributed by atoms with E-state index in [4.69, 9.17) is 0 Å². The van der Waals surface area contributed by atoms with Crippen LogP contribution in [0.2, 0.25) is 0 Å². The van der Waals surface area contributed by atoms with Crippen LogP contribution in [-0.4, -0.2) is 11.2 Å². The van der Waals surface area contributed by atoms with Gasteiger partial charge >= 0.3 is 0 Å². The Morgan fingerprint density at radius 2 is 0.421 bits per heavy atom. The van der Waals surface area contributed by atoms with Crippen molar-refractivity contribution in [3.05, 3.63) is 0 Å². The van der Waals surface area contributed by atoms with Gasteiger partial charge in [-0.1, -0.05) is 219 Å². The Labute approximate surface area is 243 Å². The first kappa shape index (κ1) is 38.0. The molecule has 0 unspecified atom stereocenters. The summed E-state index contributed by atoms with van der Waals surface area (Å²) >= 11 is 0. The number of unbranched alkanes of at least 4 members (excludes halogenated alkanes) is 30. The zero-order valence-electron chi connectivity index (χ0n) is 27.1. The molecular weight excluding hydrogens is 460 g/mol. The first-order chi connectivity index (χ1) is 18.8. The van der Waals surface area contributed by atoms with Gasteiger partial charge in [-0.2, -0.15) is 0 Å².